The van der Waals surface area contributed by atoms with Crippen molar-refractivity contribution in [3.05, 3.63) is 65.0 Å². The van der Waals surface area contributed by atoms with Crippen molar-refractivity contribution in [1.29, 1.82) is 0 Å². The Morgan fingerprint density at radius 3 is 2.65 bits per heavy atom. The Hall–Kier alpha value is -2.36. The number of rotatable bonds is 3. The summed E-state index contributed by atoms with van der Waals surface area (Å²) in [6.45, 7) is 2.19. The van der Waals surface area contributed by atoms with Gasteiger partial charge in [-0.15, -0.1) is 0 Å². The van der Waals surface area contributed by atoms with Gasteiger partial charge in [0.15, 0.2) is 0 Å². The lowest BCUT2D eigenvalue weighted by Crippen LogP contribution is -2.26. The maximum absolute atomic E-state index is 13.1. The Morgan fingerprint density at radius 1 is 1.25 bits per heavy atom. The van der Waals surface area contributed by atoms with Crippen LogP contribution in [0.15, 0.2) is 42.5 Å². The van der Waals surface area contributed by atoms with Gasteiger partial charge in [0.05, 0.1) is 0 Å². The molecule has 0 aliphatic heterocycles. The first-order valence-electron chi connectivity index (χ1n) is 6.33. The van der Waals surface area contributed by atoms with Crippen LogP contribution in [0.1, 0.15) is 21.5 Å². The van der Waals surface area contributed by atoms with Gasteiger partial charge in [-0.2, -0.15) is 0 Å². The molecule has 1 amide bonds. The fourth-order valence-electron chi connectivity index (χ4n) is 2.11. The first-order chi connectivity index (χ1) is 9.47. The summed E-state index contributed by atoms with van der Waals surface area (Å²) >= 11 is 0. The molecule has 0 aromatic heterocycles. The largest absolute Gasteiger partial charge is 0.399 e. The van der Waals surface area contributed by atoms with Crippen molar-refractivity contribution in [2.45, 2.75) is 13.5 Å². The van der Waals surface area contributed by atoms with Gasteiger partial charge in [-0.05, 0) is 48.4 Å². The third-order valence-electron chi connectivity index (χ3n) is 3.14. The van der Waals surface area contributed by atoms with Crippen molar-refractivity contribution in [2.24, 2.45) is 0 Å². The number of hydrogen-bond acceptors (Lipinski definition) is 2. The quantitative estimate of drug-likeness (QED) is 0.873. The Morgan fingerprint density at radius 2 is 2.00 bits per heavy atom. The first-order valence-corrected chi connectivity index (χ1v) is 6.33. The standard InChI is InChI=1S/C16H17FN2O/c1-11-8-13(17)6-7-15(11)16(20)19(2)10-12-4-3-5-14(18)9-12/h3-9H,10,18H2,1-2H3. The van der Waals surface area contributed by atoms with Gasteiger partial charge in [0.2, 0.25) is 0 Å². The monoisotopic (exact) mass is 272 g/mol. The molecule has 0 fully saturated rings. The van der Waals surface area contributed by atoms with E-state index in [0.29, 0.717) is 23.4 Å². The summed E-state index contributed by atoms with van der Waals surface area (Å²) < 4.78 is 13.1. The number of aryl methyl sites for hydroxylation is 1. The van der Waals surface area contributed by atoms with Crippen LogP contribution >= 0.6 is 0 Å². The summed E-state index contributed by atoms with van der Waals surface area (Å²) in [4.78, 5) is 13.9. The van der Waals surface area contributed by atoms with E-state index in [0.717, 1.165) is 5.56 Å². The average Bonchev–Trinajstić information content (AvgIpc) is 2.38. The van der Waals surface area contributed by atoms with Gasteiger partial charge in [0.25, 0.3) is 5.91 Å². The summed E-state index contributed by atoms with van der Waals surface area (Å²) in [6, 6.07) is 11.6. The molecule has 0 atom stereocenters. The minimum Gasteiger partial charge on any atom is -0.399 e. The smallest absolute Gasteiger partial charge is 0.254 e. The summed E-state index contributed by atoms with van der Waals surface area (Å²) in [5.41, 5.74) is 8.49. The van der Waals surface area contributed by atoms with Gasteiger partial charge in [-0.25, -0.2) is 4.39 Å². The third kappa shape index (κ3) is 3.15. The minimum absolute atomic E-state index is 0.134. The van der Waals surface area contributed by atoms with Gasteiger partial charge >= 0.3 is 0 Å². The molecule has 0 heterocycles. The zero-order valence-electron chi connectivity index (χ0n) is 11.6. The fraction of sp³-hybridized carbons (Fsp3) is 0.188. The fourth-order valence-corrected chi connectivity index (χ4v) is 2.11. The van der Waals surface area contributed by atoms with Crippen LogP contribution in [0.3, 0.4) is 0 Å². The molecule has 2 aromatic rings. The second-order valence-corrected chi connectivity index (χ2v) is 4.87. The van der Waals surface area contributed by atoms with Crippen molar-refractivity contribution in [1.82, 2.24) is 4.90 Å². The minimum atomic E-state index is -0.336. The van der Waals surface area contributed by atoms with Crippen molar-refractivity contribution in [3.8, 4) is 0 Å². The molecule has 0 aliphatic carbocycles. The molecular weight excluding hydrogens is 255 g/mol. The molecule has 0 saturated heterocycles. The number of carbonyl (C=O) groups excluding carboxylic acids is 1. The Labute approximate surface area is 117 Å². The highest BCUT2D eigenvalue weighted by atomic mass is 19.1. The predicted octanol–water partition coefficient (Wildman–Crippen LogP) is 2.99. The summed E-state index contributed by atoms with van der Waals surface area (Å²) in [5, 5.41) is 0. The first kappa shape index (κ1) is 14.1. The van der Waals surface area contributed by atoms with Crippen molar-refractivity contribution >= 4 is 11.6 Å². The van der Waals surface area contributed by atoms with Gasteiger partial charge < -0.3 is 10.6 Å². The molecular formula is C16H17FN2O. The van der Waals surface area contributed by atoms with Gasteiger partial charge in [0, 0.05) is 24.8 Å². The number of anilines is 1. The Balaban J connectivity index is 2.16. The molecule has 2 rings (SSSR count). The van der Waals surface area contributed by atoms with E-state index >= 15 is 0 Å². The van der Waals surface area contributed by atoms with E-state index < -0.39 is 0 Å². The normalized spacial score (nSPS) is 10.3. The molecule has 0 radical (unpaired) electrons. The van der Waals surface area contributed by atoms with Crippen LogP contribution in [0.4, 0.5) is 10.1 Å². The van der Waals surface area contributed by atoms with Crippen molar-refractivity contribution in [2.75, 3.05) is 12.8 Å². The molecule has 104 valence electrons. The van der Waals surface area contributed by atoms with E-state index in [9.17, 15) is 9.18 Å². The molecule has 2 aromatic carbocycles. The lowest BCUT2D eigenvalue weighted by atomic mass is 10.1. The summed E-state index contributed by atoms with van der Waals surface area (Å²) in [5.74, 6) is -0.470. The van der Waals surface area contributed by atoms with Gasteiger partial charge in [-0.1, -0.05) is 12.1 Å². The van der Waals surface area contributed by atoms with E-state index in [1.165, 1.54) is 18.2 Å². The molecule has 20 heavy (non-hydrogen) atoms. The van der Waals surface area contributed by atoms with Gasteiger partial charge in [0.1, 0.15) is 5.82 Å². The number of nitrogens with zero attached hydrogens (tertiary/aromatic N) is 1. The number of nitrogen functional groups attached to an aromatic ring is 1. The van der Waals surface area contributed by atoms with Crippen LogP contribution in [0, 0.1) is 12.7 Å². The third-order valence-corrected chi connectivity index (χ3v) is 3.14. The lowest BCUT2D eigenvalue weighted by molar-refractivity contribution is 0.0784. The average molecular weight is 272 g/mol. The maximum Gasteiger partial charge on any atom is 0.254 e. The van der Waals surface area contributed by atoms with E-state index in [4.69, 9.17) is 5.73 Å². The molecule has 0 spiro atoms. The lowest BCUT2D eigenvalue weighted by Gasteiger charge is -2.18. The topological polar surface area (TPSA) is 46.3 Å². The van der Waals surface area contributed by atoms with Gasteiger partial charge in [-0.3, -0.25) is 4.79 Å². The van der Waals surface area contributed by atoms with Crippen LogP contribution in [-0.4, -0.2) is 17.9 Å². The zero-order chi connectivity index (χ0) is 14.7. The summed E-state index contributed by atoms with van der Waals surface area (Å²) in [7, 11) is 1.72. The maximum atomic E-state index is 13.1. The van der Waals surface area contributed by atoms with Crippen LogP contribution in [0.5, 0.6) is 0 Å². The SMILES string of the molecule is Cc1cc(F)ccc1C(=O)N(C)Cc1cccc(N)c1. The molecule has 3 nitrogen and oxygen atoms in total. The Kier molecular flexibility index (Phi) is 4.03. The van der Waals surface area contributed by atoms with Crippen LogP contribution < -0.4 is 5.73 Å². The number of nitrogens with two attached hydrogens (primary N) is 1. The molecule has 0 saturated carbocycles. The molecule has 4 heteroatoms. The van der Waals surface area contributed by atoms with E-state index in [2.05, 4.69) is 0 Å². The zero-order valence-corrected chi connectivity index (χ0v) is 11.6. The Bertz CT molecular complexity index is 640. The van der Waals surface area contributed by atoms with Crippen LogP contribution in [0.25, 0.3) is 0 Å². The number of hydrogen-bond donors (Lipinski definition) is 1. The van der Waals surface area contributed by atoms with Crippen molar-refractivity contribution in [3.63, 3.8) is 0 Å². The highest BCUT2D eigenvalue weighted by molar-refractivity contribution is 5.95. The highest BCUT2D eigenvalue weighted by Gasteiger charge is 2.14. The number of carbonyl (C=O) groups is 1. The van der Waals surface area contributed by atoms with Crippen molar-refractivity contribution < 1.29 is 9.18 Å². The number of benzene rings is 2. The van der Waals surface area contributed by atoms with E-state index in [1.54, 1.807) is 24.9 Å². The highest BCUT2D eigenvalue weighted by Crippen LogP contribution is 2.15. The molecule has 0 bridgehead atoms. The van der Waals surface area contributed by atoms with Crippen LogP contribution in [-0.2, 0) is 6.54 Å². The van der Waals surface area contributed by atoms with E-state index in [-0.39, 0.29) is 11.7 Å². The second kappa shape index (κ2) is 5.74. The predicted molar refractivity (Wildman–Crippen MR) is 77.8 cm³/mol. The molecule has 0 unspecified atom stereocenters. The second-order valence-electron chi connectivity index (χ2n) is 4.87. The molecule has 0 aliphatic rings. The number of amides is 1. The summed E-state index contributed by atoms with van der Waals surface area (Å²) in [6.07, 6.45) is 0. The van der Waals surface area contributed by atoms with Crippen LogP contribution in [0.2, 0.25) is 0 Å². The van der Waals surface area contributed by atoms with E-state index in [1.807, 2.05) is 18.2 Å². The number of halogens is 1. The molecule has 2 N–H and O–H groups in total.